The van der Waals surface area contributed by atoms with E-state index in [1.54, 1.807) is 7.11 Å². The van der Waals surface area contributed by atoms with Gasteiger partial charge in [0.1, 0.15) is 5.82 Å². The van der Waals surface area contributed by atoms with Gasteiger partial charge in [0.05, 0.1) is 23.7 Å². The number of aromatic nitrogens is 2. The molecule has 0 radical (unpaired) electrons. The number of hydrogen-bond acceptors (Lipinski definition) is 5. The van der Waals surface area contributed by atoms with E-state index in [1.807, 2.05) is 12.4 Å². The van der Waals surface area contributed by atoms with E-state index >= 15 is 0 Å². The predicted molar refractivity (Wildman–Crippen MR) is 78.8 cm³/mol. The minimum absolute atomic E-state index is 0.0634. The van der Waals surface area contributed by atoms with E-state index in [1.165, 1.54) is 12.8 Å². The van der Waals surface area contributed by atoms with Crippen LogP contribution in [0.3, 0.4) is 0 Å². The van der Waals surface area contributed by atoms with Crippen LogP contribution in [-0.2, 0) is 11.3 Å². The van der Waals surface area contributed by atoms with E-state index in [4.69, 9.17) is 4.74 Å². The predicted octanol–water partition coefficient (Wildman–Crippen LogP) is 1.73. The number of nitrogens with one attached hydrogen (secondary N) is 1. The quantitative estimate of drug-likeness (QED) is 0.887. The van der Waals surface area contributed by atoms with E-state index in [-0.39, 0.29) is 5.60 Å². The lowest BCUT2D eigenvalue weighted by Crippen LogP contribution is -2.47. The largest absolute Gasteiger partial charge is 0.377 e. The van der Waals surface area contributed by atoms with E-state index in [9.17, 15) is 0 Å². The van der Waals surface area contributed by atoms with Crippen LogP contribution in [0, 0.1) is 0 Å². The number of ether oxygens (including phenoxy) is 1. The molecule has 2 aliphatic rings. The summed E-state index contributed by atoms with van der Waals surface area (Å²) in [7, 11) is 1.79. The van der Waals surface area contributed by atoms with Crippen molar-refractivity contribution in [3.8, 4) is 0 Å². The van der Waals surface area contributed by atoms with Crippen molar-refractivity contribution < 1.29 is 4.74 Å². The molecule has 0 aromatic carbocycles. The van der Waals surface area contributed by atoms with E-state index < -0.39 is 0 Å². The van der Waals surface area contributed by atoms with Crippen molar-refractivity contribution >= 4 is 5.82 Å². The van der Waals surface area contributed by atoms with Gasteiger partial charge in [0.2, 0.25) is 0 Å². The molecule has 1 aromatic rings. The lowest BCUT2D eigenvalue weighted by Gasteiger charge is -2.39. The van der Waals surface area contributed by atoms with Gasteiger partial charge in [-0.1, -0.05) is 0 Å². The topological polar surface area (TPSA) is 50.3 Å². The van der Waals surface area contributed by atoms with Gasteiger partial charge in [-0.05, 0) is 32.6 Å². The Hall–Kier alpha value is -1.20. The number of methoxy groups -OCH3 is 1. The molecule has 1 saturated carbocycles. The number of hydrogen-bond donors (Lipinski definition) is 1. The zero-order chi connectivity index (χ0) is 14.0. The minimum Gasteiger partial charge on any atom is -0.377 e. The minimum atomic E-state index is -0.0634. The third-order valence-electron chi connectivity index (χ3n) is 4.32. The van der Waals surface area contributed by atoms with Crippen LogP contribution in [0.15, 0.2) is 12.4 Å². The molecule has 1 N–H and O–H groups in total. The van der Waals surface area contributed by atoms with E-state index in [0.29, 0.717) is 6.04 Å². The summed E-state index contributed by atoms with van der Waals surface area (Å²) in [6.07, 6.45) is 8.63. The average molecular weight is 276 g/mol. The first-order chi connectivity index (χ1) is 9.68. The van der Waals surface area contributed by atoms with Gasteiger partial charge in [0.25, 0.3) is 0 Å². The maximum absolute atomic E-state index is 5.63. The first-order valence-electron chi connectivity index (χ1n) is 7.53. The maximum Gasteiger partial charge on any atom is 0.147 e. The molecular formula is C15H24N4O. The van der Waals surface area contributed by atoms with Crippen molar-refractivity contribution in [1.29, 1.82) is 0 Å². The lowest BCUT2D eigenvalue weighted by molar-refractivity contribution is -0.00482. The van der Waals surface area contributed by atoms with Crippen LogP contribution in [0.2, 0.25) is 0 Å². The summed E-state index contributed by atoms with van der Waals surface area (Å²) in [5.74, 6) is 0.961. The summed E-state index contributed by atoms with van der Waals surface area (Å²) in [6, 6.07) is 0.709. The van der Waals surface area contributed by atoms with Gasteiger partial charge in [-0.3, -0.25) is 4.98 Å². The maximum atomic E-state index is 5.63. The number of anilines is 1. The zero-order valence-electron chi connectivity index (χ0n) is 12.4. The average Bonchev–Trinajstić information content (AvgIpc) is 3.30. The highest BCUT2D eigenvalue weighted by Gasteiger charge is 2.31. The Labute approximate surface area is 120 Å². The SMILES string of the molecule is COC1(C)CCCN(c2cnc(CNC3CC3)cn2)C1. The number of piperidine rings is 1. The molecule has 5 nitrogen and oxygen atoms in total. The van der Waals surface area contributed by atoms with Crippen molar-refractivity contribution in [2.24, 2.45) is 0 Å². The molecule has 1 aromatic heterocycles. The molecule has 0 bridgehead atoms. The van der Waals surface area contributed by atoms with Crippen molar-refractivity contribution in [2.75, 3.05) is 25.1 Å². The van der Waals surface area contributed by atoms with Gasteiger partial charge in [0.15, 0.2) is 0 Å². The van der Waals surface area contributed by atoms with Gasteiger partial charge in [-0.2, -0.15) is 0 Å². The monoisotopic (exact) mass is 276 g/mol. The summed E-state index contributed by atoms with van der Waals surface area (Å²) in [4.78, 5) is 11.4. The first kappa shape index (κ1) is 13.8. The molecule has 1 atom stereocenters. The van der Waals surface area contributed by atoms with Crippen LogP contribution in [0.5, 0.6) is 0 Å². The highest BCUT2D eigenvalue weighted by molar-refractivity contribution is 5.37. The molecular weight excluding hydrogens is 252 g/mol. The summed E-state index contributed by atoms with van der Waals surface area (Å²) in [5, 5.41) is 3.46. The van der Waals surface area contributed by atoms with Crippen LogP contribution in [0.25, 0.3) is 0 Å². The fourth-order valence-corrected chi connectivity index (χ4v) is 2.71. The van der Waals surface area contributed by atoms with Crippen LogP contribution >= 0.6 is 0 Å². The Balaban J connectivity index is 1.61. The van der Waals surface area contributed by atoms with Gasteiger partial charge in [-0.25, -0.2) is 4.98 Å². The Morgan fingerprint density at radius 3 is 2.90 bits per heavy atom. The van der Waals surface area contributed by atoms with Crippen LogP contribution in [0.1, 0.15) is 38.3 Å². The first-order valence-corrected chi connectivity index (χ1v) is 7.53. The Bertz CT molecular complexity index is 446. The molecule has 2 fully saturated rings. The van der Waals surface area contributed by atoms with Crippen molar-refractivity contribution in [3.63, 3.8) is 0 Å². The molecule has 5 heteroatoms. The number of rotatable bonds is 5. The van der Waals surface area contributed by atoms with Crippen LogP contribution < -0.4 is 10.2 Å². The van der Waals surface area contributed by atoms with E-state index in [2.05, 4.69) is 27.1 Å². The summed E-state index contributed by atoms with van der Waals surface area (Å²) in [5.41, 5.74) is 0.957. The van der Waals surface area contributed by atoms with Gasteiger partial charge < -0.3 is 15.0 Å². The molecule has 1 unspecified atom stereocenters. The Kier molecular flexibility index (Phi) is 3.89. The third kappa shape index (κ3) is 3.27. The second kappa shape index (κ2) is 5.66. The fraction of sp³-hybridized carbons (Fsp3) is 0.733. The van der Waals surface area contributed by atoms with E-state index in [0.717, 1.165) is 44.0 Å². The Morgan fingerprint density at radius 2 is 2.25 bits per heavy atom. The smallest absolute Gasteiger partial charge is 0.147 e. The molecule has 110 valence electrons. The molecule has 0 spiro atoms. The van der Waals surface area contributed by atoms with Crippen LogP contribution in [-0.4, -0.2) is 41.8 Å². The standard InChI is InChI=1S/C15H24N4O/c1-15(20-2)6-3-7-19(11-15)14-10-17-13(9-18-14)8-16-12-4-5-12/h9-10,12,16H,3-8,11H2,1-2H3. The van der Waals surface area contributed by atoms with Crippen LogP contribution in [0.4, 0.5) is 5.82 Å². The normalized spacial score (nSPS) is 26.8. The molecule has 3 rings (SSSR count). The van der Waals surface area contributed by atoms with Gasteiger partial charge in [-0.15, -0.1) is 0 Å². The molecule has 1 aliphatic heterocycles. The third-order valence-corrected chi connectivity index (χ3v) is 4.32. The van der Waals surface area contributed by atoms with Crippen molar-refractivity contribution in [1.82, 2.24) is 15.3 Å². The van der Waals surface area contributed by atoms with Crippen molar-refractivity contribution in [3.05, 3.63) is 18.1 Å². The molecule has 2 heterocycles. The summed E-state index contributed by atoms with van der Waals surface area (Å²) in [6.45, 7) is 4.92. The Morgan fingerprint density at radius 1 is 1.40 bits per heavy atom. The molecule has 1 saturated heterocycles. The molecule has 1 aliphatic carbocycles. The second-order valence-corrected chi connectivity index (χ2v) is 6.20. The zero-order valence-corrected chi connectivity index (χ0v) is 12.4. The fourth-order valence-electron chi connectivity index (χ4n) is 2.71. The summed E-state index contributed by atoms with van der Waals surface area (Å²) >= 11 is 0. The summed E-state index contributed by atoms with van der Waals surface area (Å²) < 4.78 is 5.63. The van der Waals surface area contributed by atoms with Crippen molar-refractivity contribution in [2.45, 2.75) is 50.8 Å². The molecule has 0 amide bonds. The molecule has 20 heavy (non-hydrogen) atoms. The number of nitrogens with zero attached hydrogens (tertiary/aromatic N) is 3. The highest BCUT2D eigenvalue weighted by atomic mass is 16.5. The highest BCUT2D eigenvalue weighted by Crippen LogP contribution is 2.26. The van der Waals surface area contributed by atoms with Gasteiger partial charge in [0, 0.05) is 32.8 Å². The lowest BCUT2D eigenvalue weighted by atomic mass is 9.95. The van der Waals surface area contributed by atoms with Gasteiger partial charge >= 0.3 is 0 Å². The second-order valence-electron chi connectivity index (χ2n) is 6.20.